The maximum atomic E-state index is 8.81. The minimum Gasteiger partial charge on any atom is -0.378 e. The highest BCUT2D eigenvalue weighted by atomic mass is 32.1. The van der Waals surface area contributed by atoms with Gasteiger partial charge in [0.2, 0.25) is 0 Å². The lowest BCUT2D eigenvalue weighted by Crippen LogP contribution is -2.47. The van der Waals surface area contributed by atoms with Crippen molar-refractivity contribution in [2.45, 2.75) is 37.5 Å². The largest absolute Gasteiger partial charge is 0.378 e. The van der Waals surface area contributed by atoms with Crippen molar-refractivity contribution in [2.75, 3.05) is 19.8 Å². The van der Waals surface area contributed by atoms with Gasteiger partial charge in [-0.05, 0) is 18.9 Å². The molecule has 2 saturated heterocycles. The first kappa shape index (κ1) is 13.1. The van der Waals surface area contributed by atoms with Gasteiger partial charge in [0.25, 0.3) is 0 Å². The zero-order valence-corrected chi connectivity index (χ0v) is 11.7. The molecule has 2 aliphatic heterocycles. The van der Waals surface area contributed by atoms with Crippen molar-refractivity contribution in [3.63, 3.8) is 0 Å². The quantitative estimate of drug-likeness (QED) is 0.919. The molecule has 0 saturated carbocycles. The lowest BCUT2D eigenvalue weighted by Gasteiger charge is -2.37. The molecule has 2 unspecified atom stereocenters. The number of rotatable bonds is 3. The number of nitrogens with one attached hydrogen (secondary N) is 1. The van der Waals surface area contributed by atoms with Crippen LogP contribution in [0.25, 0.3) is 0 Å². The van der Waals surface area contributed by atoms with Crippen molar-refractivity contribution in [1.82, 2.24) is 5.32 Å². The van der Waals surface area contributed by atoms with E-state index in [1.165, 1.54) is 4.88 Å². The fourth-order valence-corrected chi connectivity index (χ4v) is 3.60. The van der Waals surface area contributed by atoms with Gasteiger partial charge in [-0.25, -0.2) is 0 Å². The van der Waals surface area contributed by atoms with Crippen LogP contribution < -0.4 is 5.32 Å². The van der Waals surface area contributed by atoms with Crippen LogP contribution in [0.2, 0.25) is 0 Å². The monoisotopic (exact) mass is 278 g/mol. The van der Waals surface area contributed by atoms with E-state index in [1.54, 1.807) is 11.3 Å². The average Bonchev–Trinajstić information content (AvgIpc) is 3.06. The van der Waals surface area contributed by atoms with Gasteiger partial charge in [-0.15, -0.1) is 11.3 Å². The molecule has 19 heavy (non-hydrogen) atoms. The van der Waals surface area contributed by atoms with Crippen molar-refractivity contribution < 1.29 is 9.47 Å². The van der Waals surface area contributed by atoms with E-state index in [-0.39, 0.29) is 5.60 Å². The highest BCUT2D eigenvalue weighted by molar-refractivity contribution is 7.10. The van der Waals surface area contributed by atoms with Crippen LogP contribution in [0.3, 0.4) is 0 Å². The summed E-state index contributed by atoms with van der Waals surface area (Å²) in [7, 11) is 0. The highest BCUT2D eigenvalue weighted by Crippen LogP contribution is 2.33. The molecule has 1 spiro atoms. The van der Waals surface area contributed by atoms with Crippen LogP contribution in [0.15, 0.2) is 11.4 Å². The number of nitrogens with zero attached hydrogens (tertiary/aromatic N) is 1. The minimum absolute atomic E-state index is 0.0385. The summed E-state index contributed by atoms with van der Waals surface area (Å²) in [6, 6.07) is 4.62. The molecule has 4 nitrogen and oxygen atoms in total. The SMILES string of the molecule is N#Cc1csc(CNC2CCOC3(CCOC3)C2)c1. The van der Waals surface area contributed by atoms with Crippen LogP contribution in [0.1, 0.15) is 29.7 Å². The number of hydrogen-bond donors (Lipinski definition) is 1. The van der Waals surface area contributed by atoms with E-state index >= 15 is 0 Å². The predicted octanol–water partition coefficient (Wildman–Crippen LogP) is 2.05. The summed E-state index contributed by atoms with van der Waals surface area (Å²) in [5.41, 5.74) is 0.720. The van der Waals surface area contributed by atoms with Gasteiger partial charge < -0.3 is 14.8 Å². The summed E-state index contributed by atoms with van der Waals surface area (Å²) in [6.07, 6.45) is 3.10. The molecule has 5 heteroatoms. The van der Waals surface area contributed by atoms with Gasteiger partial charge in [0.1, 0.15) is 6.07 Å². The second-order valence-electron chi connectivity index (χ2n) is 5.32. The zero-order valence-electron chi connectivity index (χ0n) is 10.9. The Hall–Kier alpha value is -0.930. The summed E-state index contributed by atoms with van der Waals surface area (Å²) in [5, 5.41) is 14.3. The van der Waals surface area contributed by atoms with E-state index in [9.17, 15) is 0 Å². The topological polar surface area (TPSA) is 54.3 Å². The first-order chi connectivity index (χ1) is 9.30. The maximum absolute atomic E-state index is 8.81. The normalized spacial score (nSPS) is 30.6. The summed E-state index contributed by atoms with van der Waals surface area (Å²) >= 11 is 1.65. The van der Waals surface area contributed by atoms with Crippen molar-refractivity contribution in [3.05, 3.63) is 21.9 Å². The summed E-state index contributed by atoms with van der Waals surface area (Å²) < 4.78 is 11.4. The molecular weight excluding hydrogens is 260 g/mol. The van der Waals surface area contributed by atoms with Gasteiger partial charge in [-0.1, -0.05) is 0 Å². The molecule has 3 rings (SSSR count). The van der Waals surface area contributed by atoms with Crippen LogP contribution in [0, 0.1) is 11.3 Å². The van der Waals surface area contributed by atoms with E-state index in [1.807, 2.05) is 11.4 Å². The molecule has 0 aliphatic carbocycles. The fourth-order valence-electron chi connectivity index (χ4n) is 2.84. The molecule has 2 fully saturated rings. The van der Waals surface area contributed by atoms with E-state index < -0.39 is 0 Å². The van der Waals surface area contributed by atoms with Crippen LogP contribution >= 0.6 is 11.3 Å². The van der Waals surface area contributed by atoms with Crippen molar-refractivity contribution in [1.29, 1.82) is 5.26 Å². The van der Waals surface area contributed by atoms with Gasteiger partial charge in [-0.2, -0.15) is 5.26 Å². The van der Waals surface area contributed by atoms with Gasteiger partial charge >= 0.3 is 0 Å². The standard InChI is InChI=1S/C14H18N2O2S/c15-7-11-5-13(19-9-11)8-16-12-1-3-18-14(6-12)2-4-17-10-14/h5,9,12,16H,1-4,6,8,10H2. The Labute approximate surface area is 117 Å². The Bertz CT molecular complexity index is 474. The number of nitriles is 1. The number of ether oxygens (including phenoxy) is 2. The number of hydrogen-bond acceptors (Lipinski definition) is 5. The molecule has 1 N–H and O–H groups in total. The molecular formula is C14H18N2O2S. The second-order valence-corrected chi connectivity index (χ2v) is 6.31. The molecule has 0 amide bonds. The first-order valence-electron chi connectivity index (χ1n) is 6.72. The summed E-state index contributed by atoms with van der Waals surface area (Å²) in [6.45, 7) is 3.22. The molecule has 0 radical (unpaired) electrons. The lowest BCUT2D eigenvalue weighted by molar-refractivity contribution is -0.0894. The Balaban J connectivity index is 1.53. The molecule has 1 aromatic rings. The van der Waals surface area contributed by atoms with Crippen LogP contribution in [-0.4, -0.2) is 31.5 Å². The van der Waals surface area contributed by atoms with E-state index in [4.69, 9.17) is 14.7 Å². The smallest absolute Gasteiger partial charge is 0.100 e. The van der Waals surface area contributed by atoms with E-state index in [0.717, 1.165) is 51.2 Å². The number of thiophene rings is 1. The summed E-state index contributed by atoms with van der Waals surface area (Å²) in [4.78, 5) is 1.22. The first-order valence-corrected chi connectivity index (χ1v) is 7.60. The van der Waals surface area contributed by atoms with Gasteiger partial charge in [-0.3, -0.25) is 0 Å². The molecule has 0 aromatic carbocycles. The van der Waals surface area contributed by atoms with E-state index in [2.05, 4.69) is 11.4 Å². The minimum atomic E-state index is -0.0385. The van der Waals surface area contributed by atoms with Crippen LogP contribution in [0.4, 0.5) is 0 Å². The molecule has 102 valence electrons. The molecule has 1 aromatic heterocycles. The maximum Gasteiger partial charge on any atom is 0.100 e. The van der Waals surface area contributed by atoms with Crippen molar-refractivity contribution in [2.24, 2.45) is 0 Å². The van der Waals surface area contributed by atoms with Crippen molar-refractivity contribution in [3.8, 4) is 6.07 Å². The molecule has 2 atom stereocenters. The van der Waals surface area contributed by atoms with Crippen LogP contribution in [0.5, 0.6) is 0 Å². The van der Waals surface area contributed by atoms with Crippen LogP contribution in [-0.2, 0) is 16.0 Å². The third kappa shape index (κ3) is 2.98. The van der Waals surface area contributed by atoms with Gasteiger partial charge in [0, 0.05) is 42.5 Å². The predicted molar refractivity (Wildman–Crippen MR) is 73.0 cm³/mol. The van der Waals surface area contributed by atoms with E-state index in [0.29, 0.717) is 6.04 Å². The highest BCUT2D eigenvalue weighted by Gasteiger charge is 2.40. The Morgan fingerprint density at radius 1 is 1.53 bits per heavy atom. The van der Waals surface area contributed by atoms with Gasteiger partial charge in [0.15, 0.2) is 0 Å². The Morgan fingerprint density at radius 3 is 3.21 bits per heavy atom. The summed E-state index contributed by atoms with van der Waals surface area (Å²) in [5.74, 6) is 0. The average molecular weight is 278 g/mol. The Kier molecular flexibility index (Phi) is 3.85. The van der Waals surface area contributed by atoms with Gasteiger partial charge in [0.05, 0.1) is 17.8 Å². The molecule has 0 bridgehead atoms. The zero-order chi connectivity index (χ0) is 13.1. The fraction of sp³-hybridized carbons (Fsp3) is 0.643. The third-order valence-electron chi connectivity index (χ3n) is 3.91. The van der Waals surface area contributed by atoms with Crippen molar-refractivity contribution >= 4 is 11.3 Å². The lowest BCUT2D eigenvalue weighted by atomic mass is 9.90. The Morgan fingerprint density at radius 2 is 2.47 bits per heavy atom. The molecule has 2 aliphatic rings. The molecule has 3 heterocycles. The third-order valence-corrected chi connectivity index (χ3v) is 4.84. The second kappa shape index (κ2) is 5.59.